The number of rotatable bonds is 5. The lowest BCUT2D eigenvalue weighted by Crippen LogP contribution is -2.46. The monoisotopic (exact) mass is 392 g/mol. The third-order valence-electron chi connectivity index (χ3n) is 5.11. The Morgan fingerprint density at radius 1 is 1.10 bits per heavy atom. The lowest BCUT2D eigenvalue weighted by atomic mass is 10.1. The summed E-state index contributed by atoms with van der Waals surface area (Å²) in [6.07, 6.45) is 0. The number of para-hydroxylation sites is 2. The Morgan fingerprint density at radius 2 is 1.83 bits per heavy atom. The molecule has 1 fully saturated rings. The zero-order chi connectivity index (χ0) is 20.2. The van der Waals surface area contributed by atoms with E-state index in [9.17, 15) is 4.79 Å². The number of anilines is 1. The highest BCUT2D eigenvalue weighted by molar-refractivity contribution is 6.02. The second kappa shape index (κ2) is 8.29. The zero-order valence-electron chi connectivity index (χ0n) is 16.0. The Hall–Kier alpha value is -3.43. The number of nitrogens with zero attached hydrogens (tertiary/aromatic N) is 4. The van der Waals surface area contributed by atoms with Crippen molar-refractivity contribution >= 4 is 22.4 Å². The molecule has 0 atom stereocenters. The molecule has 1 aliphatic heterocycles. The van der Waals surface area contributed by atoms with Crippen LogP contribution in [0, 0.1) is 0 Å². The summed E-state index contributed by atoms with van der Waals surface area (Å²) < 4.78 is 0. The van der Waals surface area contributed by atoms with Gasteiger partial charge >= 0.3 is 0 Å². The molecule has 9 nitrogen and oxygen atoms in total. The van der Waals surface area contributed by atoms with E-state index in [0.717, 1.165) is 42.9 Å². The van der Waals surface area contributed by atoms with Gasteiger partial charge in [0.05, 0.1) is 17.4 Å². The summed E-state index contributed by atoms with van der Waals surface area (Å²) in [5.74, 6) is 6.30. The van der Waals surface area contributed by atoms with Crippen molar-refractivity contribution in [2.24, 2.45) is 16.7 Å². The highest BCUT2D eigenvalue weighted by Gasteiger charge is 2.21. The van der Waals surface area contributed by atoms with Crippen molar-refractivity contribution < 1.29 is 0 Å². The molecule has 1 aromatic heterocycles. The van der Waals surface area contributed by atoms with E-state index in [1.165, 1.54) is 0 Å². The summed E-state index contributed by atoms with van der Waals surface area (Å²) in [7, 11) is 0. The predicted octanol–water partition coefficient (Wildman–Crippen LogP) is 0.329. The van der Waals surface area contributed by atoms with Gasteiger partial charge in [0, 0.05) is 37.4 Å². The number of nitrogens with two attached hydrogens (primary N) is 2. The quantitative estimate of drug-likeness (QED) is 0.213. The molecule has 0 spiro atoms. The van der Waals surface area contributed by atoms with Gasteiger partial charge in [-0.3, -0.25) is 9.69 Å². The van der Waals surface area contributed by atoms with Gasteiger partial charge in [-0.2, -0.15) is 0 Å². The van der Waals surface area contributed by atoms with E-state index in [4.69, 9.17) is 11.6 Å². The Kier molecular flexibility index (Phi) is 5.41. The smallest absolute Gasteiger partial charge is 0.258 e. The van der Waals surface area contributed by atoms with E-state index in [-0.39, 0.29) is 5.56 Å². The minimum atomic E-state index is -0.0959. The number of hydrogen-bond acceptors (Lipinski definition) is 7. The van der Waals surface area contributed by atoms with E-state index < -0.39 is 0 Å². The average Bonchev–Trinajstić information content (AvgIpc) is 2.74. The first-order chi connectivity index (χ1) is 14.2. The molecule has 0 saturated carbocycles. The number of H-pyrrole nitrogens is 1. The number of nitrogens with one attached hydrogen (secondary N) is 2. The maximum atomic E-state index is 12.3. The maximum Gasteiger partial charge on any atom is 0.258 e. The molecule has 0 unspecified atom stereocenters. The van der Waals surface area contributed by atoms with Crippen LogP contribution in [0.25, 0.3) is 10.9 Å². The van der Waals surface area contributed by atoms with Crippen molar-refractivity contribution in [3.63, 3.8) is 0 Å². The van der Waals surface area contributed by atoms with Crippen LogP contribution >= 0.6 is 0 Å². The molecule has 4 rings (SSSR count). The van der Waals surface area contributed by atoms with Gasteiger partial charge < -0.3 is 15.6 Å². The van der Waals surface area contributed by atoms with Crippen LogP contribution in [0.4, 0.5) is 5.69 Å². The first kappa shape index (κ1) is 18.9. The Bertz CT molecular complexity index is 1090. The minimum Gasteiger partial charge on any atom is -0.382 e. The predicted molar refractivity (Wildman–Crippen MR) is 114 cm³/mol. The van der Waals surface area contributed by atoms with Crippen molar-refractivity contribution in [1.82, 2.24) is 20.4 Å². The largest absolute Gasteiger partial charge is 0.382 e. The number of piperazine rings is 1. The van der Waals surface area contributed by atoms with Gasteiger partial charge in [-0.1, -0.05) is 24.3 Å². The number of amidine groups is 1. The number of benzene rings is 2. The normalized spacial score (nSPS) is 15.6. The third kappa shape index (κ3) is 4.05. The van der Waals surface area contributed by atoms with Crippen molar-refractivity contribution in [3.05, 3.63) is 70.3 Å². The van der Waals surface area contributed by atoms with Gasteiger partial charge in [0.2, 0.25) is 0 Å². The second-order valence-corrected chi connectivity index (χ2v) is 6.94. The Balaban J connectivity index is 1.46. The van der Waals surface area contributed by atoms with Crippen LogP contribution in [0.2, 0.25) is 0 Å². The lowest BCUT2D eigenvalue weighted by Gasteiger charge is -2.36. The molecule has 1 saturated heterocycles. The van der Waals surface area contributed by atoms with Gasteiger partial charge in [-0.25, -0.2) is 16.4 Å². The molecule has 6 N–H and O–H groups in total. The first-order valence-corrected chi connectivity index (χ1v) is 9.49. The Labute approximate surface area is 168 Å². The fourth-order valence-corrected chi connectivity index (χ4v) is 3.66. The van der Waals surface area contributed by atoms with Crippen molar-refractivity contribution in [2.45, 2.75) is 6.54 Å². The van der Waals surface area contributed by atoms with E-state index >= 15 is 0 Å². The molecule has 0 bridgehead atoms. The standard InChI is InChI=1S/C20H24N8O/c21-19(25-26-22)15-6-2-4-8-17(15)28-11-9-27(10-12-28)13-18-23-16-7-3-1-5-14(16)20(29)24-18/h1-8,26H,9-13,22H2,(H2,21,25)(H,23,24,29). The molecule has 9 heteroatoms. The number of aromatic amines is 1. The molecule has 2 heterocycles. The summed E-state index contributed by atoms with van der Waals surface area (Å²) in [6.45, 7) is 3.96. The molecule has 0 radical (unpaired) electrons. The first-order valence-electron chi connectivity index (χ1n) is 9.49. The third-order valence-corrected chi connectivity index (χ3v) is 5.11. The van der Waals surface area contributed by atoms with Crippen LogP contribution in [0.1, 0.15) is 11.4 Å². The summed E-state index contributed by atoms with van der Waals surface area (Å²) in [5, 5.41) is 4.51. The van der Waals surface area contributed by atoms with Crippen molar-refractivity contribution in [3.8, 4) is 0 Å². The highest BCUT2D eigenvalue weighted by Crippen LogP contribution is 2.22. The molecule has 0 amide bonds. The number of hydrazine groups is 1. The van der Waals surface area contributed by atoms with Gasteiger partial charge in [-0.15, -0.1) is 5.10 Å². The SMILES string of the molecule is NN/N=C(\N)c1ccccc1N1CCN(Cc2nc3ccccc3c(=O)[nH]2)CC1. The average molecular weight is 392 g/mol. The molecular weight excluding hydrogens is 368 g/mol. The van der Waals surface area contributed by atoms with Crippen molar-refractivity contribution in [2.75, 3.05) is 31.1 Å². The van der Waals surface area contributed by atoms with Crippen LogP contribution in [0.5, 0.6) is 0 Å². The van der Waals surface area contributed by atoms with Gasteiger partial charge in [-0.05, 0) is 24.3 Å². The lowest BCUT2D eigenvalue weighted by molar-refractivity contribution is 0.244. The van der Waals surface area contributed by atoms with Gasteiger partial charge in [0.15, 0.2) is 5.84 Å². The van der Waals surface area contributed by atoms with Crippen LogP contribution in [0.15, 0.2) is 58.4 Å². The summed E-state index contributed by atoms with van der Waals surface area (Å²) in [6, 6.07) is 15.3. The fraction of sp³-hybridized carbons (Fsp3) is 0.250. The summed E-state index contributed by atoms with van der Waals surface area (Å²) in [5.41, 5.74) is 10.8. The molecule has 2 aromatic carbocycles. The maximum absolute atomic E-state index is 12.3. The van der Waals surface area contributed by atoms with E-state index in [1.54, 1.807) is 6.07 Å². The number of hydrazone groups is 1. The molecule has 1 aliphatic rings. The number of fused-ring (bicyclic) bond motifs is 1. The van der Waals surface area contributed by atoms with Crippen molar-refractivity contribution in [1.29, 1.82) is 0 Å². The van der Waals surface area contributed by atoms with E-state index in [0.29, 0.717) is 23.6 Å². The van der Waals surface area contributed by atoms with Crippen LogP contribution in [-0.4, -0.2) is 46.9 Å². The fourth-order valence-electron chi connectivity index (χ4n) is 3.66. The number of hydrogen-bond donors (Lipinski definition) is 4. The van der Waals surface area contributed by atoms with Crippen LogP contribution in [-0.2, 0) is 6.54 Å². The molecule has 3 aromatic rings. The zero-order valence-corrected chi connectivity index (χ0v) is 16.0. The summed E-state index contributed by atoms with van der Waals surface area (Å²) in [4.78, 5) is 24.3. The molecular formula is C20H24N8O. The molecule has 29 heavy (non-hydrogen) atoms. The van der Waals surface area contributed by atoms with E-state index in [2.05, 4.69) is 30.4 Å². The van der Waals surface area contributed by atoms with Crippen LogP contribution < -0.4 is 27.6 Å². The minimum absolute atomic E-state index is 0.0959. The molecule has 0 aliphatic carbocycles. The second-order valence-electron chi connectivity index (χ2n) is 6.94. The topological polar surface area (TPSA) is 129 Å². The van der Waals surface area contributed by atoms with Crippen LogP contribution in [0.3, 0.4) is 0 Å². The number of aromatic nitrogens is 2. The van der Waals surface area contributed by atoms with Gasteiger partial charge in [0.25, 0.3) is 5.56 Å². The van der Waals surface area contributed by atoms with Gasteiger partial charge in [0.1, 0.15) is 5.82 Å². The molecule has 150 valence electrons. The highest BCUT2D eigenvalue weighted by atomic mass is 16.1. The Morgan fingerprint density at radius 3 is 2.62 bits per heavy atom. The van der Waals surface area contributed by atoms with E-state index in [1.807, 2.05) is 42.5 Å². The summed E-state index contributed by atoms with van der Waals surface area (Å²) >= 11 is 0.